The standard InChI is InChI=1S/C16H23N5/c1-2-9-21-16(5-8-20-21)15-11-14(18-12-19-15)10-13-3-6-17-7-4-13/h5,8,11-13,17H,2-4,6-7,9-10H2,1H3. The van der Waals surface area contributed by atoms with Gasteiger partial charge in [0.1, 0.15) is 6.33 Å². The van der Waals surface area contributed by atoms with Crippen LogP contribution in [0.3, 0.4) is 0 Å². The molecule has 3 rings (SSSR count). The monoisotopic (exact) mass is 285 g/mol. The van der Waals surface area contributed by atoms with Gasteiger partial charge in [0, 0.05) is 18.4 Å². The third-order valence-electron chi connectivity index (χ3n) is 4.09. The van der Waals surface area contributed by atoms with Gasteiger partial charge in [-0.3, -0.25) is 4.68 Å². The highest BCUT2D eigenvalue weighted by Crippen LogP contribution is 2.21. The zero-order valence-electron chi connectivity index (χ0n) is 12.6. The van der Waals surface area contributed by atoms with E-state index in [1.165, 1.54) is 12.8 Å². The molecule has 0 atom stereocenters. The fraction of sp³-hybridized carbons (Fsp3) is 0.562. The molecule has 112 valence electrons. The van der Waals surface area contributed by atoms with Crippen LogP contribution >= 0.6 is 0 Å². The second kappa shape index (κ2) is 6.80. The van der Waals surface area contributed by atoms with E-state index >= 15 is 0 Å². The molecule has 3 heterocycles. The molecule has 5 heteroatoms. The quantitative estimate of drug-likeness (QED) is 0.916. The smallest absolute Gasteiger partial charge is 0.116 e. The van der Waals surface area contributed by atoms with Gasteiger partial charge >= 0.3 is 0 Å². The largest absolute Gasteiger partial charge is 0.317 e. The normalized spacial score (nSPS) is 16.2. The van der Waals surface area contributed by atoms with Crippen LogP contribution < -0.4 is 5.32 Å². The number of hydrogen-bond donors (Lipinski definition) is 1. The molecule has 1 aliphatic heterocycles. The Morgan fingerprint density at radius 2 is 2.14 bits per heavy atom. The van der Waals surface area contributed by atoms with Gasteiger partial charge in [0.15, 0.2) is 0 Å². The van der Waals surface area contributed by atoms with E-state index in [0.717, 1.165) is 55.5 Å². The molecule has 0 bridgehead atoms. The maximum absolute atomic E-state index is 4.46. The first-order valence-corrected chi connectivity index (χ1v) is 7.90. The van der Waals surface area contributed by atoms with E-state index in [1.54, 1.807) is 6.33 Å². The van der Waals surface area contributed by atoms with Crippen LogP contribution in [-0.2, 0) is 13.0 Å². The Hall–Kier alpha value is -1.75. The van der Waals surface area contributed by atoms with Crippen LogP contribution in [0.1, 0.15) is 31.9 Å². The summed E-state index contributed by atoms with van der Waals surface area (Å²) in [6.45, 7) is 5.35. The summed E-state index contributed by atoms with van der Waals surface area (Å²) in [6.07, 6.45) is 8.15. The van der Waals surface area contributed by atoms with Gasteiger partial charge in [-0.1, -0.05) is 6.92 Å². The number of nitrogens with one attached hydrogen (secondary N) is 1. The fourth-order valence-corrected chi connectivity index (χ4v) is 2.97. The van der Waals surface area contributed by atoms with Gasteiger partial charge in [-0.05, 0) is 56.8 Å². The minimum Gasteiger partial charge on any atom is -0.317 e. The average Bonchev–Trinajstić information content (AvgIpc) is 2.97. The molecule has 0 amide bonds. The van der Waals surface area contributed by atoms with E-state index in [9.17, 15) is 0 Å². The maximum Gasteiger partial charge on any atom is 0.116 e. The summed E-state index contributed by atoms with van der Waals surface area (Å²) in [7, 11) is 0. The Balaban J connectivity index is 1.77. The van der Waals surface area contributed by atoms with Crippen LogP contribution in [0.15, 0.2) is 24.7 Å². The molecule has 0 saturated carbocycles. The fourth-order valence-electron chi connectivity index (χ4n) is 2.97. The summed E-state index contributed by atoms with van der Waals surface area (Å²) in [5, 5.41) is 7.79. The molecule has 1 aliphatic rings. The lowest BCUT2D eigenvalue weighted by Gasteiger charge is -2.22. The highest BCUT2D eigenvalue weighted by atomic mass is 15.3. The third-order valence-corrected chi connectivity index (χ3v) is 4.09. The van der Waals surface area contributed by atoms with Crippen molar-refractivity contribution in [3.8, 4) is 11.4 Å². The first kappa shape index (κ1) is 14.2. The van der Waals surface area contributed by atoms with Crippen molar-refractivity contribution < 1.29 is 0 Å². The Bertz CT molecular complexity index is 572. The Morgan fingerprint density at radius 3 is 2.95 bits per heavy atom. The molecular weight excluding hydrogens is 262 g/mol. The summed E-state index contributed by atoms with van der Waals surface area (Å²) < 4.78 is 2.02. The number of piperidine rings is 1. The van der Waals surface area contributed by atoms with Crippen molar-refractivity contribution in [2.75, 3.05) is 13.1 Å². The van der Waals surface area contributed by atoms with Crippen molar-refractivity contribution in [2.45, 2.75) is 39.2 Å². The number of aryl methyl sites for hydroxylation is 1. The van der Waals surface area contributed by atoms with Crippen molar-refractivity contribution >= 4 is 0 Å². The highest BCUT2D eigenvalue weighted by Gasteiger charge is 2.15. The zero-order valence-corrected chi connectivity index (χ0v) is 12.6. The van der Waals surface area contributed by atoms with E-state index in [1.807, 2.05) is 16.9 Å². The lowest BCUT2D eigenvalue weighted by atomic mass is 9.93. The molecule has 2 aromatic rings. The van der Waals surface area contributed by atoms with E-state index < -0.39 is 0 Å². The number of aromatic nitrogens is 4. The Labute approximate surface area is 125 Å². The van der Waals surface area contributed by atoms with E-state index in [4.69, 9.17) is 0 Å². The van der Waals surface area contributed by atoms with Gasteiger partial charge in [-0.2, -0.15) is 5.10 Å². The lowest BCUT2D eigenvalue weighted by Crippen LogP contribution is -2.28. The minimum absolute atomic E-state index is 0.745. The van der Waals surface area contributed by atoms with Gasteiger partial charge in [0.25, 0.3) is 0 Å². The number of nitrogens with zero attached hydrogens (tertiary/aromatic N) is 4. The predicted molar refractivity (Wildman–Crippen MR) is 82.8 cm³/mol. The average molecular weight is 285 g/mol. The van der Waals surface area contributed by atoms with Crippen molar-refractivity contribution in [3.63, 3.8) is 0 Å². The van der Waals surface area contributed by atoms with Crippen LogP contribution in [0.5, 0.6) is 0 Å². The van der Waals surface area contributed by atoms with Crippen molar-refractivity contribution in [1.82, 2.24) is 25.1 Å². The van der Waals surface area contributed by atoms with E-state index in [0.29, 0.717) is 0 Å². The second-order valence-electron chi connectivity index (χ2n) is 5.73. The second-order valence-corrected chi connectivity index (χ2v) is 5.73. The van der Waals surface area contributed by atoms with Gasteiger partial charge in [0.05, 0.1) is 11.4 Å². The van der Waals surface area contributed by atoms with E-state index in [2.05, 4.69) is 33.4 Å². The lowest BCUT2D eigenvalue weighted by molar-refractivity contribution is 0.370. The van der Waals surface area contributed by atoms with Gasteiger partial charge < -0.3 is 5.32 Å². The Kier molecular flexibility index (Phi) is 4.60. The molecule has 0 spiro atoms. The summed E-state index contributed by atoms with van der Waals surface area (Å²) in [5.74, 6) is 0.745. The molecular formula is C16H23N5. The minimum atomic E-state index is 0.745. The van der Waals surface area contributed by atoms with Crippen LogP contribution in [0, 0.1) is 5.92 Å². The van der Waals surface area contributed by atoms with Gasteiger partial charge in [-0.25, -0.2) is 9.97 Å². The Morgan fingerprint density at radius 1 is 1.29 bits per heavy atom. The van der Waals surface area contributed by atoms with Crippen molar-refractivity contribution in [2.24, 2.45) is 5.92 Å². The SMILES string of the molecule is CCCn1nccc1-c1cc(CC2CCNCC2)ncn1. The first-order chi connectivity index (χ1) is 10.4. The summed E-state index contributed by atoms with van der Waals surface area (Å²) in [5.41, 5.74) is 3.22. The van der Waals surface area contributed by atoms with Crippen LogP contribution in [0.25, 0.3) is 11.4 Å². The number of hydrogen-bond acceptors (Lipinski definition) is 4. The molecule has 0 radical (unpaired) electrons. The van der Waals surface area contributed by atoms with Gasteiger partial charge in [-0.15, -0.1) is 0 Å². The molecule has 0 aliphatic carbocycles. The molecule has 1 fully saturated rings. The molecule has 1 N–H and O–H groups in total. The van der Waals surface area contributed by atoms with Gasteiger partial charge in [0.2, 0.25) is 0 Å². The molecule has 0 unspecified atom stereocenters. The summed E-state index contributed by atoms with van der Waals surface area (Å²) in [4.78, 5) is 8.89. The summed E-state index contributed by atoms with van der Waals surface area (Å²) in [6, 6.07) is 4.16. The van der Waals surface area contributed by atoms with Crippen LogP contribution in [0.2, 0.25) is 0 Å². The molecule has 21 heavy (non-hydrogen) atoms. The van der Waals surface area contributed by atoms with E-state index in [-0.39, 0.29) is 0 Å². The predicted octanol–water partition coefficient (Wildman–Crippen LogP) is 2.29. The molecule has 0 aromatic carbocycles. The number of rotatable bonds is 5. The first-order valence-electron chi connectivity index (χ1n) is 7.90. The molecule has 1 saturated heterocycles. The topological polar surface area (TPSA) is 55.6 Å². The highest BCUT2D eigenvalue weighted by molar-refractivity contribution is 5.54. The summed E-state index contributed by atoms with van der Waals surface area (Å²) >= 11 is 0. The zero-order chi connectivity index (χ0) is 14.5. The van der Waals surface area contributed by atoms with Crippen molar-refractivity contribution in [3.05, 3.63) is 30.4 Å². The third kappa shape index (κ3) is 3.47. The van der Waals surface area contributed by atoms with Crippen LogP contribution in [-0.4, -0.2) is 32.8 Å². The van der Waals surface area contributed by atoms with Crippen LogP contribution in [0.4, 0.5) is 0 Å². The molecule has 5 nitrogen and oxygen atoms in total. The van der Waals surface area contributed by atoms with Crippen molar-refractivity contribution in [1.29, 1.82) is 0 Å². The molecule has 2 aromatic heterocycles. The maximum atomic E-state index is 4.46.